The van der Waals surface area contributed by atoms with Gasteiger partial charge >= 0.3 is 6.09 Å². The molecule has 0 saturated carbocycles. The second kappa shape index (κ2) is 11.6. The van der Waals surface area contributed by atoms with E-state index in [-0.39, 0.29) is 0 Å². The van der Waals surface area contributed by atoms with Crippen molar-refractivity contribution in [2.24, 2.45) is 0 Å². The second-order valence-corrected chi connectivity index (χ2v) is 7.30. The van der Waals surface area contributed by atoms with Crippen LogP contribution in [-0.2, 0) is 13.2 Å². The van der Waals surface area contributed by atoms with Gasteiger partial charge in [0.2, 0.25) is 0 Å². The Morgan fingerprint density at radius 1 is 0.774 bits per heavy atom. The Labute approximate surface area is 182 Å². The summed E-state index contributed by atoms with van der Waals surface area (Å²) in [6, 6.07) is 26.9. The molecule has 0 aliphatic carbocycles. The van der Waals surface area contributed by atoms with E-state index < -0.39 is 6.09 Å². The number of nitrogens with zero attached hydrogens (tertiary/aromatic N) is 2. The largest absolute Gasteiger partial charge is 0.508 e. The lowest BCUT2D eigenvalue weighted by atomic mass is 10.2. The van der Waals surface area contributed by atoms with E-state index in [2.05, 4.69) is 17.0 Å². The number of benzene rings is 3. The summed E-state index contributed by atoms with van der Waals surface area (Å²) in [5, 5.41) is 17.6. The van der Waals surface area contributed by atoms with Crippen LogP contribution >= 0.6 is 0 Å². The maximum atomic E-state index is 10.9. The summed E-state index contributed by atoms with van der Waals surface area (Å²) in [5.74, 6) is 1.18. The van der Waals surface area contributed by atoms with Crippen LogP contribution in [0.5, 0.6) is 11.5 Å². The van der Waals surface area contributed by atoms with Crippen LogP contribution in [0.15, 0.2) is 84.9 Å². The third-order valence-electron chi connectivity index (χ3n) is 4.98. The highest BCUT2D eigenvalue weighted by Gasteiger charge is 2.20. The lowest BCUT2D eigenvalue weighted by Crippen LogP contribution is -2.47. The normalized spacial score (nSPS) is 13.7. The number of ether oxygens (including phenoxy) is 1. The van der Waals surface area contributed by atoms with Gasteiger partial charge in [0, 0.05) is 32.7 Å². The van der Waals surface area contributed by atoms with Gasteiger partial charge in [-0.3, -0.25) is 4.90 Å². The molecule has 3 aromatic carbocycles. The minimum Gasteiger partial charge on any atom is -0.508 e. The van der Waals surface area contributed by atoms with Gasteiger partial charge in [-0.25, -0.2) is 4.79 Å². The average Bonchev–Trinajstić information content (AvgIpc) is 2.81. The summed E-state index contributed by atoms with van der Waals surface area (Å²) in [6.45, 7) is 4.11. The summed E-state index contributed by atoms with van der Waals surface area (Å²) >= 11 is 0. The van der Waals surface area contributed by atoms with Gasteiger partial charge in [0.15, 0.2) is 0 Å². The highest BCUT2D eigenvalue weighted by Crippen LogP contribution is 2.16. The number of piperazine rings is 1. The predicted octanol–water partition coefficient (Wildman–Crippen LogP) is 4.45. The third-order valence-corrected chi connectivity index (χ3v) is 4.98. The van der Waals surface area contributed by atoms with Crippen molar-refractivity contribution in [1.29, 1.82) is 0 Å². The minimum absolute atomic E-state index is 0.322. The maximum absolute atomic E-state index is 10.9. The number of aromatic hydroxyl groups is 1. The maximum Gasteiger partial charge on any atom is 0.407 e. The third kappa shape index (κ3) is 7.68. The Morgan fingerprint density at radius 2 is 1.35 bits per heavy atom. The molecule has 1 saturated heterocycles. The standard InChI is InChI=1S/C19H22N2O3.C6H6O/c22-19(23)21-12-10-20(11-13-21)14-16-6-8-18(9-7-16)24-15-17-4-2-1-3-5-17;7-6-4-2-1-3-5-6/h1-9H,10-15H2,(H,22,23);1-5,7H. The first kappa shape index (κ1) is 22.2. The molecule has 2 N–H and O–H groups in total. The number of rotatable bonds is 5. The molecule has 1 aliphatic rings. The summed E-state index contributed by atoms with van der Waals surface area (Å²) in [5.41, 5.74) is 2.36. The molecular formula is C25H28N2O4. The van der Waals surface area contributed by atoms with Gasteiger partial charge in [0.25, 0.3) is 0 Å². The van der Waals surface area contributed by atoms with Crippen LogP contribution in [0.25, 0.3) is 0 Å². The van der Waals surface area contributed by atoms with Crippen molar-refractivity contribution in [3.63, 3.8) is 0 Å². The Morgan fingerprint density at radius 3 is 1.87 bits per heavy atom. The van der Waals surface area contributed by atoms with Gasteiger partial charge in [0.05, 0.1) is 0 Å². The monoisotopic (exact) mass is 420 g/mol. The van der Waals surface area contributed by atoms with Crippen LogP contribution in [0.1, 0.15) is 11.1 Å². The predicted molar refractivity (Wildman–Crippen MR) is 120 cm³/mol. The Hall–Kier alpha value is -3.51. The number of para-hydroxylation sites is 1. The van der Waals surface area contributed by atoms with Crippen molar-refractivity contribution >= 4 is 6.09 Å². The molecule has 6 nitrogen and oxygen atoms in total. The van der Waals surface area contributed by atoms with Gasteiger partial charge in [-0.1, -0.05) is 60.7 Å². The molecule has 1 fully saturated rings. The number of amides is 1. The molecule has 1 aliphatic heterocycles. The topological polar surface area (TPSA) is 73.2 Å². The Balaban J connectivity index is 0.000000330. The van der Waals surface area contributed by atoms with Crippen molar-refractivity contribution in [2.45, 2.75) is 13.2 Å². The van der Waals surface area contributed by atoms with Gasteiger partial charge in [-0.2, -0.15) is 0 Å². The van der Waals surface area contributed by atoms with Gasteiger partial charge in [-0.05, 0) is 35.4 Å². The molecule has 0 aromatic heterocycles. The van der Waals surface area contributed by atoms with Gasteiger partial charge in [0.1, 0.15) is 18.1 Å². The summed E-state index contributed by atoms with van der Waals surface area (Å²) in [4.78, 5) is 14.7. The highest BCUT2D eigenvalue weighted by atomic mass is 16.5. The van der Waals surface area contributed by atoms with Gasteiger partial charge < -0.3 is 19.8 Å². The van der Waals surface area contributed by atoms with E-state index in [0.717, 1.165) is 30.9 Å². The molecule has 0 radical (unpaired) electrons. The Kier molecular flexibility index (Phi) is 8.31. The summed E-state index contributed by atoms with van der Waals surface area (Å²) < 4.78 is 5.79. The number of phenols is 1. The molecule has 162 valence electrons. The average molecular weight is 421 g/mol. The fraction of sp³-hybridized carbons (Fsp3) is 0.240. The SMILES string of the molecule is O=C(O)N1CCN(Cc2ccc(OCc3ccccc3)cc2)CC1.Oc1ccccc1. The number of carbonyl (C=O) groups is 1. The first-order chi connectivity index (χ1) is 15.1. The highest BCUT2D eigenvalue weighted by molar-refractivity contribution is 5.65. The molecule has 4 rings (SSSR count). The van der Waals surface area contributed by atoms with Crippen molar-refractivity contribution < 1.29 is 19.7 Å². The molecule has 1 heterocycles. The minimum atomic E-state index is -0.824. The Bertz CT molecular complexity index is 909. The molecule has 0 spiro atoms. The zero-order chi connectivity index (χ0) is 21.9. The number of carboxylic acid groups (broad SMARTS) is 1. The van der Waals surface area contributed by atoms with Crippen LogP contribution in [0.2, 0.25) is 0 Å². The smallest absolute Gasteiger partial charge is 0.407 e. The molecule has 31 heavy (non-hydrogen) atoms. The molecule has 6 heteroatoms. The van der Waals surface area contributed by atoms with E-state index in [0.29, 0.717) is 25.4 Å². The first-order valence-corrected chi connectivity index (χ1v) is 10.3. The van der Waals surface area contributed by atoms with E-state index in [9.17, 15) is 4.79 Å². The van der Waals surface area contributed by atoms with E-state index in [4.69, 9.17) is 14.9 Å². The van der Waals surface area contributed by atoms with Crippen LogP contribution in [0.3, 0.4) is 0 Å². The van der Waals surface area contributed by atoms with Crippen LogP contribution in [0, 0.1) is 0 Å². The summed E-state index contributed by atoms with van der Waals surface area (Å²) in [6.07, 6.45) is -0.824. The molecule has 3 aromatic rings. The fourth-order valence-electron chi connectivity index (χ4n) is 3.22. The second-order valence-electron chi connectivity index (χ2n) is 7.30. The quantitative estimate of drug-likeness (QED) is 0.638. The number of hydrogen-bond acceptors (Lipinski definition) is 4. The zero-order valence-electron chi connectivity index (χ0n) is 17.4. The number of hydrogen-bond donors (Lipinski definition) is 2. The molecular weight excluding hydrogens is 392 g/mol. The van der Waals surface area contributed by atoms with Gasteiger partial charge in [-0.15, -0.1) is 0 Å². The van der Waals surface area contributed by atoms with Crippen molar-refractivity contribution in [3.05, 3.63) is 96.1 Å². The van der Waals surface area contributed by atoms with E-state index >= 15 is 0 Å². The van der Waals surface area contributed by atoms with Crippen molar-refractivity contribution in [2.75, 3.05) is 26.2 Å². The van der Waals surface area contributed by atoms with E-state index in [1.54, 1.807) is 24.3 Å². The van der Waals surface area contributed by atoms with Crippen LogP contribution in [0.4, 0.5) is 4.79 Å². The molecule has 0 atom stereocenters. The van der Waals surface area contributed by atoms with E-state index in [1.807, 2.05) is 48.5 Å². The summed E-state index contributed by atoms with van der Waals surface area (Å²) in [7, 11) is 0. The molecule has 1 amide bonds. The zero-order valence-corrected chi connectivity index (χ0v) is 17.4. The fourth-order valence-corrected chi connectivity index (χ4v) is 3.22. The lowest BCUT2D eigenvalue weighted by molar-refractivity contribution is 0.103. The lowest BCUT2D eigenvalue weighted by Gasteiger charge is -2.33. The van der Waals surface area contributed by atoms with Crippen LogP contribution < -0.4 is 4.74 Å². The molecule has 0 unspecified atom stereocenters. The first-order valence-electron chi connectivity index (χ1n) is 10.3. The van der Waals surface area contributed by atoms with E-state index in [1.165, 1.54) is 10.5 Å². The van der Waals surface area contributed by atoms with Crippen molar-refractivity contribution in [3.8, 4) is 11.5 Å². The number of phenolic OH excluding ortho intramolecular Hbond substituents is 1. The molecule has 0 bridgehead atoms. The van der Waals surface area contributed by atoms with Crippen LogP contribution in [-0.4, -0.2) is 52.3 Å². The van der Waals surface area contributed by atoms with Crippen molar-refractivity contribution in [1.82, 2.24) is 9.80 Å².